The third-order valence-electron chi connectivity index (χ3n) is 5.19. The lowest BCUT2D eigenvalue weighted by atomic mass is 10.1. The predicted octanol–water partition coefficient (Wildman–Crippen LogP) is 0.0502. The van der Waals surface area contributed by atoms with E-state index in [0.29, 0.717) is 19.5 Å². The molecule has 2 rings (SSSR count). The first-order valence-electron chi connectivity index (χ1n) is 8.44. The number of amides is 2. The normalized spacial score (nSPS) is 30.6. The minimum atomic E-state index is -3.06. The fourth-order valence-corrected chi connectivity index (χ4v) is 5.48. The summed E-state index contributed by atoms with van der Waals surface area (Å²) in [5.74, 6) is 0.238. The van der Waals surface area contributed by atoms with Crippen LogP contribution in [-0.2, 0) is 9.84 Å². The molecular formula is C15H29N3O4S. The van der Waals surface area contributed by atoms with Gasteiger partial charge < -0.3 is 15.3 Å². The molecule has 2 amide bonds. The Balaban J connectivity index is 1.86. The van der Waals surface area contributed by atoms with Gasteiger partial charge in [0.2, 0.25) is 0 Å². The number of aliphatic hydroxyl groups excluding tert-OH is 1. The van der Waals surface area contributed by atoms with E-state index in [0.717, 1.165) is 19.3 Å². The molecule has 0 aromatic heterocycles. The minimum absolute atomic E-state index is 0.0505. The minimum Gasteiger partial charge on any atom is -0.395 e. The lowest BCUT2D eigenvalue weighted by Crippen LogP contribution is -2.49. The van der Waals surface area contributed by atoms with Crippen LogP contribution in [0, 0.1) is 0 Å². The van der Waals surface area contributed by atoms with Crippen LogP contribution in [0.4, 0.5) is 4.79 Å². The molecule has 0 aromatic rings. The number of nitrogens with zero attached hydrogens (tertiary/aromatic N) is 2. The number of sulfone groups is 1. The van der Waals surface area contributed by atoms with E-state index in [9.17, 15) is 13.2 Å². The Morgan fingerprint density at radius 1 is 1.35 bits per heavy atom. The molecule has 2 N–H and O–H groups in total. The van der Waals surface area contributed by atoms with Gasteiger partial charge in [-0.05, 0) is 33.2 Å². The van der Waals surface area contributed by atoms with E-state index in [4.69, 9.17) is 5.11 Å². The molecule has 0 radical (unpaired) electrons. The van der Waals surface area contributed by atoms with Crippen LogP contribution in [0.1, 0.15) is 32.6 Å². The molecule has 7 nitrogen and oxygen atoms in total. The van der Waals surface area contributed by atoms with Gasteiger partial charge in [0.1, 0.15) is 0 Å². The molecule has 0 aliphatic carbocycles. The summed E-state index contributed by atoms with van der Waals surface area (Å²) in [4.78, 5) is 16.2. The quantitative estimate of drug-likeness (QED) is 0.733. The van der Waals surface area contributed by atoms with Gasteiger partial charge >= 0.3 is 6.03 Å². The zero-order valence-electron chi connectivity index (χ0n) is 14.1. The Kier molecular flexibility index (Phi) is 6.27. The second-order valence-corrected chi connectivity index (χ2v) is 9.07. The third kappa shape index (κ3) is 4.36. The summed E-state index contributed by atoms with van der Waals surface area (Å²) in [6.45, 7) is 3.56. The van der Waals surface area contributed by atoms with Crippen molar-refractivity contribution in [2.75, 3.05) is 39.0 Å². The largest absolute Gasteiger partial charge is 0.395 e. The second kappa shape index (κ2) is 7.81. The van der Waals surface area contributed by atoms with Crippen molar-refractivity contribution in [3.63, 3.8) is 0 Å². The molecule has 0 aromatic carbocycles. The molecule has 1 unspecified atom stereocenters. The summed E-state index contributed by atoms with van der Waals surface area (Å²) >= 11 is 0. The molecule has 2 aliphatic rings. The summed E-state index contributed by atoms with van der Waals surface area (Å²) in [6.07, 6.45) is 3.15. The van der Waals surface area contributed by atoms with E-state index >= 15 is 0 Å². The molecule has 2 heterocycles. The number of aliphatic hydroxyl groups is 1. The zero-order chi connectivity index (χ0) is 17.0. The Morgan fingerprint density at radius 3 is 2.74 bits per heavy atom. The summed E-state index contributed by atoms with van der Waals surface area (Å²) in [6, 6.07) is 0.0963. The Morgan fingerprint density at radius 2 is 2.09 bits per heavy atom. The van der Waals surface area contributed by atoms with Crippen molar-refractivity contribution in [2.45, 2.75) is 49.9 Å². The van der Waals surface area contributed by atoms with Crippen molar-refractivity contribution >= 4 is 15.9 Å². The summed E-state index contributed by atoms with van der Waals surface area (Å²) in [5.41, 5.74) is 0. The number of hydrogen-bond donors (Lipinski definition) is 2. The Hall–Kier alpha value is -0.860. The van der Waals surface area contributed by atoms with Crippen molar-refractivity contribution in [3.8, 4) is 0 Å². The van der Waals surface area contributed by atoms with Crippen molar-refractivity contribution in [3.05, 3.63) is 0 Å². The van der Waals surface area contributed by atoms with Gasteiger partial charge in [0.15, 0.2) is 9.84 Å². The van der Waals surface area contributed by atoms with Gasteiger partial charge in [0.05, 0.1) is 17.6 Å². The van der Waals surface area contributed by atoms with E-state index in [2.05, 4.69) is 10.2 Å². The van der Waals surface area contributed by atoms with Gasteiger partial charge in [-0.25, -0.2) is 13.2 Å². The van der Waals surface area contributed by atoms with Crippen molar-refractivity contribution in [1.29, 1.82) is 0 Å². The van der Waals surface area contributed by atoms with E-state index in [1.165, 1.54) is 0 Å². The van der Waals surface area contributed by atoms with E-state index in [1.54, 1.807) is 4.90 Å². The smallest absolute Gasteiger partial charge is 0.317 e. The van der Waals surface area contributed by atoms with Crippen LogP contribution in [0.25, 0.3) is 0 Å². The number of hydrogen-bond acceptors (Lipinski definition) is 5. The Labute approximate surface area is 138 Å². The van der Waals surface area contributed by atoms with Crippen LogP contribution in [0.15, 0.2) is 0 Å². The zero-order valence-corrected chi connectivity index (χ0v) is 14.9. The molecule has 0 saturated carbocycles. The fourth-order valence-electron chi connectivity index (χ4n) is 3.68. The fraction of sp³-hybridized carbons (Fsp3) is 0.933. The molecule has 134 valence electrons. The highest BCUT2D eigenvalue weighted by Crippen LogP contribution is 2.22. The van der Waals surface area contributed by atoms with Crippen LogP contribution < -0.4 is 5.32 Å². The van der Waals surface area contributed by atoms with Gasteiger partial charge in [-0.1, -0.05) is 6.42 Å². The monoisotopic (exact) mass is 347 g/mol. The molecular weight excluding hydrogens is 318 g/mol. The lowest BCUT2D eigenvalue weighted by Gasteiger charge is -2.31. The molecule has 2 aliphatic heterocycles. The average molecular weight is 347 g/mol. The van der Waals surface area contributed by atoms with Gasteiger partial charge in [0, 0.05) is 31.7 Å². The van der Waals surface area contributed by atoms with Crippen molar-refractivity contribution in [2.24, 2.45) is 0 Å². The first-order valence-corrected chi connectivity index (χ1v) is 10.2. The molecule has 0 bridgehead atoms. The number of carbonyl (C=O) groups is 1. The number of rotatable bonds is 5. The van der Waals surface area contributed by atoms with Gasteiger partial charge in [-0.3, -0.25) is 4.90 Å². The molecule has 8 heteroatoms. The highest BCUT2D eigenvalue weighted by atomic mass is 32.2. The first kappa shape index (κ1) is 18.5. The standard InChI is InChI=1S/C15H29N3O4S/c1-12-14(17(2)8-9-19)6-7-18(12)15(20)16-11-13-5-3-4-10-23(13,21)22/h12-14,19H,3-11H2,1-2H3,(H,16,20)/t12-,13?,14-/m1/s1. The van der Waals surface area contributed by atoms with Crippen molar-refractivity contribution in [1.82, 2.24) is 15.1 Å². The highest BCUT2D eigenvalue weighted by molar-refractivity contribution is 7.92. The van der Waals surface area contributed by atoms with Crippen LogP contribution in [0.2, 0.25) is 0 Å². The Bertz CT molecular complexity index is 511. The average Bonchev–Trinajstić information content (AvgIpc) is 2.87. The molecule has 2 saturated heterocycles. The van der Waals surface area contributed by atoms with Gasteiger partial charge in [-0.15, -0.1) is 0 Å². The van der Waals surface area contributed by atoms with Gasteiger partial charge in [-0.2, -0.15) is 0 Å². The van der Waals surface area contributed by atoms with E-state index < -0.39 is 15.1 Å². The van der Waals surface area contributed by atoms with Crippen LogP contribution in [-0.4, -0.2) is 85.7 Å². The molecule has 0 spiro atoms. The SMILES string of the molecule is C[C@@H]1[C@H](N(C)CCO)CCN1C(=O)NCC1CCCCS1(=O)=O. The molecule has 23 heavy (non-hydrogen) atoms. The third-order valence-corrected chi connectivity index (χ3v) is 7.46. The van der Waals surface area contributed by atoms with Crippen LogP contribution >= 0.6 is 0 Å². The maximum atomic E-state index is 12.4. The van der Waals surface area contributed by atoms with Crippen molar-refractivity contribution < 1.29 is 18.3 Å². The topological polar surface area (TPSA) is 89.9 Å². The summed E-state index contributed by atoms with van der Waals surface area (Å²) in [7, 11) is -1.11. The van der Waals surface area contributed by atoms with Gasteiger partial charge in [0.25, 0.3) is 0 Å². The number of nitrogens with one attached hydrogen (secondary N) is 1. The number of urea groups is 1. The number of likely N-dealkylation sites (N-methyl/N-ethyl adjacent to an activating group) is 1. The lowest BCUT2D eigenvalue weighted by molar-refractivity contribution is 0.148. The highest BCUT2D eigenvalue weighted by Gasteiger charge is 2.36. The molecule has 3 atom stereocenters. The first-order chi connectivity index (χ1) is 10.9. The maximum absolute atomic E-state index is 12.4. The van der Waals surface area contributed by atoms with Crippen LogP contribution in [0.5, 0.6) is 0 Å². The van der Waals surface area contributed by atoms with E-state index in [-0.39, 0.29) is 37.0 Å². The maximum Gasteiger partial charge on any atom is 0.317 e. The number of likely N-dealkylation sites (tertiary alicyclic amines) is 1. The molecule has 2 fully saturated rings. The second-order valence-electron chi connectivity index (χ2n) is 6.67. The van der Waals surface area contributed by atoms with E-state index in [1.807, 2.05) is 14.0 Å². The summed E-state index contributed by atoms with van der Waals surface area (Å²) in [5, 5.41) is 11.4. The summed E-state index contributed by atoms with van der Waals surface area (Å²) < 4.78 is 24.0. The van der Waals surface area contributed by atoms with Crippen LogP contribution in [0.3, 0.4) is 0 Å². The predicted molar refractivity (Wildman–Crippen MR) is 89.1 cm³/mol. The number of carbonyl (C=O) groups excluding carboxylic acids is 1.